The van der Waals surface area contributed by atoms with Gasteiger partial charge in [0.1, 0.15) is 23.0 Å². The number of hydrogen-bond donors (Lipinski definition) is 1. The molecular formula is C22H23F2N5O. The van der Waals surface area contributed by atoms with E-state index in [0.717, 1.165) is 37.6 Å². The molecule has 2 aliphatic rings. The van der Waals surface area contributed by atoms with Crippen molar-refractivity contribution in [3.63, 3.8) is 0 Å². The highest BCUT2D eigenvalue weighted by molar-refractivity contribution is 5.93. The van der Waals surface area contributed by atoms with Gasteiger partial charge in [-0.1, -0.05) is 0 Å². The number of nitrogens with two attached hydrogens (primary N) is 1. The number of nitrogens with zero attached hydrogens (tertiary/aromatic N) is 4. The molecule has 0 saturated carbocycles. The minimum atomic E-state index is -0.444. The average molecular weight is 411 g/mol. The van der Waals surface area contributed by atoms with Gasteiger partial charge in [0.2, 0.25) is 0 Å². The Kier molecular flexibility index (Phi) is 4.66. The number of imidazole rings is 1. The van der Waals surface area contributed by atoms with Gasteiger partial charge in [-0.25, -0.2) is 13.8 Å². The maximum atomic E-state index is 14.4. The molecule has 30 heavy (non-hydrogen) atoms. The number of rotatable bonds is 3. The van der Waals surface area contributed by atoms with E-state index < -0.39 is 11.6 Å². The van der Waals surface area contributed by atoms with E-state index in [1.807, 2.05) is 18.3 Å². The molecule has 6 nitrogen and oxygen atoms in total. The number of carbonyl (C=O) groups excluding carboxylic acids is 1. The summed E-state index contributed by atoms with van der Waals surface area (Å²) < 4.78 is 30.0. The first-order valence-electron chi connectivity index (χ1n) is 10.2. The third-order valence-corrected chi connectivity index (χ3v) is 6.12. The molecule has 0 bridgehead atoms. The number of anilines is 1. The molecule has 2 unspecified atom stereocenters. The molecule has 5 rings (SSSR count). The number of likely N-dealkylation sites (tertiary alicyclic amines) is 1. The highest BCUT2D eigenvalue weighted by Gasteiger charge is 2.30. The van der Waals surface area contributed by atoms with Crippen molar-refractivity contribution < 1.29 is 13.6 Å². The van der Waals surface area contributed by atoms with Crippen LogP contribution in [0.4, 0.5) is 14.5 Å². The minimum Gasteiger partial charge on any atom is -0.363 e. The van der Waals surface area contributed by atoms with Crippen molar-refractivity contribution in [1.82, 2.24) is 14.3 Å². The van der Waals surface area contributed by atoms with Crippen molar-refractivity contribution >= 4 is 17.2 Å². The smallest absolute Gasteiger partial charge is 0.272 e. The summed E-state index contributed by atoms with van der Waals surface area (Å²) in [5.41, 5.74) is 8.30. The molecule has 156 valence electrons. The molecule has 2 fully saturated rings. The normalized spacial score (nSPS) is 21.7. The molecule has 0 spiro atoms. The van der Waals surface area contributed by atoms with E-state index in [2.05, 4.69) is 9.88 Å². The Morgan fingerprint density at radius 1 is 1.13 bits per heavy atom. The van der Waals surface area contributed by atoms with Gasteiger partial charge in [0.25, 0.3) is 5.91 Å². The van der Waals surface area contributed by atoms with Crippen molar-refractivity contribution in [2.75, 3.05) is 24.5 Å². The Bertz CT molecular complexity index is 1110. The second-order valence-electron chi connectivity index (χ2n) is 8.08. The van der Waals surface area contributed by atoms with E-state index in [4.69, 9.17) is 5.73 Å². The molecule has 3 aromatic rings. The van der Waals surface area contributed by atoms with Gasteiger partial charge >= 0.3 is 0 Å². The van der Waals surface area contributed by atoms with E-state index in [-0.39, 0.29) is 18.0 Å². The molecule has 1 amide bonds. The third-order valence-electron chi connectivity index (χ3n) is 6.12. The van der Waals surface area contributed by atoms with Crippen LogP contribution in [0.15, 0.2) is 42.7 Å². The van der Waals surface area contributed by atoms with Gasteiger partial charge in [-0.2, -0.15) is 0 Å². The van der Waals surface area contributed by atoms with Crippen molar-refractivity contribution in [3.05, 3.63) is 65.6 Å². The van der Waals surface area contributed by atoms with Gasteiger partial charge in [-0.15, -0.1) is 0 Å². The molecule has 1 aromatic carbocycles. The Morgan fingerprint density at radius 2 is 2.00 bits per heavy atom. The second-order valence-corrected chi connectivity index (χ2v) is 8.08. The van der Waals surface area contributed by atoms with Crippen LogP contribution in [0, 0.1) is 11.6 Å². The van der Waals surface area contributed by atoms with Gasteiger partial charge < -0.3 is 15.5 Å². The lowest BCUT2D eigenvalue weighted by Crippen LogP contribution is -2.32. The van der Waals surface area contributed by atoms with Gasteiger partial charge in [0.15, 0.2) is 0 Å². The Morgan fingerprint density at radius 3 is 2.80 bits per heavy atom. The number of halogens is 2. The van der Waals surface area contributed by atoms with Crippen LogP contribution in [0.1, 0.15) is 41.4 Å². The zero-order valence-corrected chi connectivity index (χ0v) is 16.5. The van der Waals surface area contributed by atoms with Crippen LogP contribution in [0.3, 0.4) is 0 Å². The summed E-state index contributed by atoms with van der Waals surface area (Å²) in [5.74, 6) is -0.944. The highest BCUT2D eigenvalue weighted by Crippen LogP contribution is 2.37. The SMILES string of the molecule is NC1CCN(C(=O)c2cnc3ccc(N4CCCC4c4cc(F)ccc4F)cn23)C1. The summed E-state index contributed by atoms with van der Waals surface area (Å²) in [5, 5.41) is 0. The van der Waals surface area contributed by atoms with E-state index >= 15 is 0 Å². The van der Waals surface area contributed by atoms with E-state index in [9.17, 15) is 13.6 Å². The largest absolute Gasteiger partial charge is 0.363 e. The predicted octanol–water partition coefficient (Wildman–Crippen LogP) is 3.13. The Balaban J connectivity index is 1.50. The number of carbonyl (C=O) groups is 1. The van der Waals surface area contributed by atoms with Crippen molar-refractivity contribution in [3.8, 4) is 0 Å². The van der Waals surface area contributed by atoms with Gasteiger partial charge in [0, 0.05) is 37.4 Å². The van der Waals surface area contributed by atoms with E-state index in [1.165, 1.54) is 12.1 Å². The van der Waals surface area contributed by atoms with Crippen LogP contribution >= 0.6 is 0 Å². The summed E-state index contributed by atoms with van der Waals surface area (Å²) in [7, 11) is 0. The highest BCUT2D eigenvalue weighted by atomic mass is 19.1. The minimum absolute atomic E-state index is 0.00946. The number of amides is 1. The fourth-order valence-corrected chi connectivity index (χ4v) is 4.60. The molecule has 4 heterocycles. The van der Waals surface area contributed by atoms with Crippen LogP contribution < -0.4 is 10.6 Å². The number of benzene rings is 1. The Labute approximate surface area is 172 Å². The maximum absolute atomic E-state index is 14.4. The predicted molar refractivity (Wildman–Crippen MR) is 109 cm³/mol. The number of fused-ring (bicyclic) bond motifs is 1. The number of hydrogen-bond acceptors (Lipinski definition) is 4. The molecule has 0 radical (unpaired) electrons. The standard InChI is InChI=1S/C22H23F2N5O/c23-14-3-5-18(24)17(10-14)19-2-1-8-28(19)16-4-6-21-26-11-20(29(21)13-16)22(30)27-9-7-15(25)12-27/h3-6,10-11,13,15,19H,1-2,7-9,12,25H2. The number of pyridine rings is 1. The second kappa shape index (κ2) is 7.36. The fourth-order valence-electron chi connectivity index (χ4n) is 4.60. The first-order chi connectivity index (χ1) is 14.5. The lowest BCUT2D eigenvalue weighted by atomic mass is 10.0. The molecule has 2 atom stereocenters. The van der Waals surface area contributed by atoms with Crippen LogP contribution in [-0.2, 0) is 0 Å². The lowest BCUT2D eigenvalue weighted by molar-refractivity contribution is 0.0784. The molecule has 2 aromatic heterocycles. The zero-order valence-electron chi connectivity index (χ0n) is 16.5. The lowest BCUT2D eigenvalue weighted by Gasteiger charge is -2.27. The van der Waals surface area contributed by atoms with E-state index in [0.29, 0.717) is 30.0 Å². The quantitative estimate of drug-likeness (QED) is 0.719. The van der Waals surface area contributed by atoms with E-state index in [1.54, 1.807) is 15.5 Å². The molecule has 8 heteroatoms. The fraction of sp³-hybridized carbons (Fsp3) is 0.364. The molecule has 2 aliphatic heterocycles. The number of aromatic nitrogens is 2. The average Bonchev–Trinajstić information content (AvgIpc) is 3.47. The van der Waals surface area contributed by atoms with Gasteiger partial charge in [-0.05, 0) is 49.6 Å². The third kappa shape index (κ3) is 3.21. The first kappa shape index (κ1) is 19.0. The first-order valence-corrected chi connectivity index (χ1v) is 10.2. The maximum Gasteiger partial charge on any atom is 0.272 e. The summed E-state index contributed by atoms with van der Waals surface area (Å²) >= 11 is 0. The monoisotopic (exact) mass is 411 g/mol. The molecule has 2 N–H and O–H groups in total. The van der Waals surface area contributed by atoms with Crippen LogP contribution in [0.5, 0.6) is 0 Å². The van der Waals surface area contributed by atoms with Gasteiger partial charge in [0.05, 0.1) is 17.9 Å². The summed E-state index contributed by atoms with van der Waals surface area (Å²) in [6.45, 7) is 1.91. The Hall–Kier alpha value is -3.00. The van der Waals surface area contributed by atoms with Crippen molar-refractivity contribution in [2.24, 2.45) is 5.73 Å². The van der Waals surface area contributed by atoms with Crippen LogP contribution in [-0.4, -0.2) is 45.9 Å². The molecule has 2 saturated heterocycles. The van der Waals surface area contributed by atoms with Crippen LogP contribution in [0.2, 0.25) is 0 Å². The summed E-state index contributed by atoms with van der Waals surface area (Å²) in [6.07, 6.45) is 5.85. The van der Waals surface area contributed by atoms with Crippen molar-refractivity contribution in [1.29, 1.82) is 0 Å². The summed E-state index contributed by atoms with van der Waals surface area (Å²) in [4.78, 5) is 21.1. The van der Waals surface area contributed by atoms with Crippen molar-refractivity contribution in [2.45, 2.75) is 31.3 Å². The summed E-state index contributed by atoms with van der Waals surface area (Å²) in [6, 6.07) is 7.11. The molecule has 0 aliphatic carbocycles. The van der Waals surface area contributed by atoms with Gasteiger partial charge in [-0.3, -0.25) is 9.20 Å². The molecular weight excluding hydrogens is 388 g/mol. The van der Waals surface area contributed by atoms with Crippen LogP contribution in [0.25, 0.3) is 5.65 Å². The zero-order chi connectivity index (χ0) is 20.8. The topological polar surface area (TPSA) is 66.9 Å².